The minimum absolute atomic E-state index is 0.478. The molecule has 0 saturated heterocycles. The molecule has 0 aliphatic heterocycles. The predicted octanol–water partition coefficient (Wildman–Crippen LogP) is 2.83. The number of hydrogen-bond donors (Lipinski definition) is 1. The lowest BCUT2D eigenvalue weighted by atomic mass is 10.0. The Kier molecular flexibility index (Phi) is 4.47. The number of sulfonamides is 1. The second kappa shape index (κ2) is 6.13. The average Bonchev–Trinajstić information content (AvgIpc) is 2.39. The van der Waals surface area contributed by atoms with Crippen molar-refractivity contribution in [3.63, 3.8) is 0 Å². The highest BCUT2D eigenvalue weighted by Crippen LogP contribution is 2.34. The molecule has 6 heteroatoms. The Bertz CT molecular complexity index is 742. The first-order chi connectivity index (χ1) is 9.90. The van der Waals surface area contributed by atoms with E-state index in [2.05, 4.69) is 9.71 Å². The first-order valence-electron chi connectivity index (χ1n) is 6.56. The molecule has 0 radical (unpaired) electrons. The molecule has 1 heterocycles. The Morgan fingerprint density at radius 1 is 1.24 bits per heavy atom. The van der Waals surface area contributed by atoms with E-state index in [1.54, 1.807) is 24.5 Å². The first kappa shape index (κ1) is 15.3. The lowest BCUT2D eigenvalue weighted by Gasteiger charge is -2.14. The van der Waals surface area contributed by atoms with E-state index in [0.717, 1.165) is 22.9 Å². The van der Waals surface area contributed by atoms with E-state index < -0.39 is 10.0 Å². The van der Waals surface area contributed by atoms with E-state index in [-0.39, 0.29) is 0 Å². The molecule has 1 N–H and O–H groups in total. The van der Waals surface area contributed by atoms with Crippen LogP contribution in [0.2, 0.25) is 0 Å². The maximum absolute atomic E-state index is 11.3. The third kappa shape index (κ3) is 3.95. The molecule has 0 unspecified atom stereocenters. The van der Waals surface area contributed by atoms with Crippen molar-refractivity contribution in [3.8, 4) is 16.9 Å². The minimum Gasteiger partial charge on any atom is -0.493 e. The molecule has 0 spiro atoms. The molecule has 0 saturated carbocycles. The Morgan fingerprint density at radius 2 is 2.00 bits per heavy atom. The number of anilines is 1. The molecule has 2 aromatic rings. The lowest BCUT2D eigenvalue weighted by Crippen LogP contribution is -2.09. The Morgan fingerprint density at radius 3 is 2.62 bits per heavy atom. The molecular formula is C15H18N2O3S. The largest absolute Gasteiger partial charge is 0.493 e. The highest BCUT2D eigenvalue weighted by atomic mass is 32.2. The van der Waals surface area contributed by atoms with Crippen molar-refractivity contribution in [2.24, 2.45) is 0 Å². The van der Waals surface area contributed by atoms with Gasteiger partial charge in [-0.2, -0.15) is 0 Å². The van der Waals surface area contributed by atoms with Gasteiger partial charge in [0.1, 0.15) is 5.75 Å². The fourth-order valence-corrected chi connectivity index (χ4v) is 2.60. The monoisotopic (exact) mass is 306 g/mol. The third-order valence-corrected chi connectivity index (χ3v) is 3.52. The van der Waals surface area contributed by atoms with Crippen LogP contribution in [0, 0.1) is 6.92 Å². The predicted molar refractivity (Wildman–Crippen MR) is 84.0 cm³/mol. The normalized spacial score (nSPS) is 11.2. The van der Waals surface area contributed by atoms with Gasteiger partial charge >= 0.3 is 0 Å². The Hall–Kier alpha value is -2.08. The van der Waals surface area contributed by atoms with E-state index in [4.69, 9.17) is 4.74 Å². The lowest BCUT2D eigenvalue weighted by molar-refractivity contribution is 0.342. The summed E-state index contributed by atoms with van der Waals surface area (Å²) in [6, 6.07) is 7.16. The van der Waals surface area contributed by atoms with Gasteiger partial charge in [-0.05, 0) is 37.6 Å². The average molecular weight is 306 g/mol. The number of nitrogens with zero attached hydrogens (tertiary/aromatic N) is 1. The molecule has 0 atom stereocenters. The molecule has 2 rings (SSSR count). The van der Waals surface area contributed by atoms with Crippen LogP contribution in [-0.2, 0) is 10.0 Å². The Balaban J connectivity index is 2.50. The molecule has 0 bridgehead atoms. The van der Waals surface area contributed by atoms with E-state index >= 15 is 0 Å². The highest BCUT2D eigenvalue weighted by Gasteiger charge is 2.11. The maximum Gasteiger partial charge on any atom is 0.229 e. The summed E-state index contributed by atoms with van der Waals surface area (Å²) in [5.41, 5.74) is 3.41. The summed E-state index contributed by atoms with van der Waals surface area (Å²) in [5.74, 6) is 0.627. The van der Waals surface area contributed by atoms with Gasteiger partial charge in [-0.3, -0.25) is 9.71 Å². The van der Waals surface area contributed by atoms with Crippen molar-refractivity contribution in [1.82, 2.24) is 4.98 Å². The third-order valence-electron chi connectivity index (χ3n) is 2.91. The van der Waals surface area contributed by atoms with Gasteiger partial charge in [0.15, 0.2) is 0 Å². The molecule has 0 amide bonds. The molecule has 21 heavy (non-hydrogen) atoms. The summed E-state index contributed by atoms with van der Waals surface area (Å²) in [6.45, 7) is 4.38. The second-order valence-corrected chi connectivity index (χ2v) is 6.46. The van der Waals surface area contributed by atoms with Gasteiger partial charge in [0.2, 0.25) is 10.0 Å². The van der Waals surface area contributed by atoms with Crippen LogP contribution in [0.1, 0.15) is 12.5 Å². The van der Waals surface area contributed by atoms with Crippen molar-refractivity contribution in [1.29, 1.82) is 0 Å². The van der Waals surface area contributed by atoms with Gasteiger partial charge in [-0.1, -0.05) is 0 Å². The van der Waals surface area contributed by atoms with Crippen LogP contribution in [0.25, 0.3) is 11.1 Å². The molecule has 0 fully saturated rings. The van der Waals surface area contributed by atoms with Crippen molar-refractivity contribution in [3.05, 3.63) is 42.2 Å². The number of ether oxygens (including phenoxy) is 1. The van der Waals surface area contributed by atoms with Gasteiger partial charge in [-0.25, -0.2) is 8.42 Å². The molecule has 0 aliphatic rings. The Labute approximate surface area is 125 Å². The zero-order valence-corrected chi connectivity index (χ0v) is 13.1. The molecule has 1 aromatic heterocycles. The smallest absolute Gasteiger partial charge is 0.229 e. The fourth-order valence-electron chi connectivity index (χ4n) is 2.04. The quantitative estimate of drug-likeness (QED) is 0.922. The summed E-state index contributed by atoms with van der Waals surface area (Å²) >= 11 is 0. The van der Waals surface area contributed by atoms with Crippen molar-refractivity contribution in [2.75, 3.05) is 17.6 Å². The highest BCUT2D eigenvalue weighted by molar-refractivity contribution is 7.92. The molecule has 5 nitrogen and oxygen atoms in total. The van der Waals surface area contributed by atoms with Gasteiger partial charge in [0, 0.05) is 29.6 Å². The summed E-state index contributed by atoms with van der Waals surface area (Å²) < 4.78 is 30.7. The SMILES string of the molecule is CCOc1cc(NS(C)(=O)=O)ccc1-c1cnccc1C. The van der Waals surface area contributed by atoms with Gasteiger partial charge in [-0.15, -0.1) is 0 Å². The van der Waals surface area contributed by atoms with Crippen LogP contribution >= 0.6 is 0 Å². The van der Waals surface area contributed by atoms with Gasteiger partial charge in [0.05, 0.1) is 18.6 Å². The van der Waals surface area contributed by atoms with Crippen molar-refractivity contribution >= 4 is 15.7 Å². The van der Waals surface area contributed by atoms with Crippen LogP contribution in [0.15, 0.2) is 36.7 Å². The molecule has 112 valence electrons. The summed E-state index contributed by atoms with van der Waals surface area (Å²) in [7, 11) is -3.31. The molecule has 1 aromatic carbocycles. The second-order valence-electron chi connectivity index (χ2n) is 4.71. The number of aryl methyl sites for hydroxylation is 1. The fraction of sp³-hybridized carbons (Fsp3) is 0.267. The van der Waals surface area contributed by atoms with Crippen LogP contribution < -0.4 is 9.46 Å². The number of rotatable bonds is 5. The summed E-state index contributed by atoms with van der Waals surface area (Å²) in [6.07, 6.45) is 4.63. The standard InChI is InChI=1S/C15H18N2O3S/c1-4-20-15-9-12(17-21(3,18)19)5-6-13(15)14-10-16-8-7-11(14)2/h5-10,17H,4H2,1-3H3. The number of benzene rings is 1. The van der Waals surface area contributed by atoms with E-state index in [1.807, 2.05) is 26.0 Å². The minimum atomic E-state index is -3.31. The first-order valence-corrected chi connectivity index (χ1v) is 8.45. The zero-order chi connectivity index (χ0) is 15.5. The van der Waals surface area contributed by atoms with Crippen LogP contribution in [0.5, 0.6) is 5.75 Å². The van der Waals surface area contributed by atoms with Crippen LogP contribution in [-0.4, -0.2) is 26.3 Å². The topological polar surface area (TPSA) is 68.3 Å². The van der Waals surface area contributed by atoms with Gasteiger partial charge < -0.3 is 4.74 Å². The van der Waals surface area contributed by atoms with E-state index in [1.165, 1.54) is 0 Å². The summed E-state index contributed by atoms with van der Waals surface area (Å²) in [4.78, 5) is 4.14. The zero-order valence-electron chi connectivity index (χ0n) is 12.3. The number of hydrogen-bond acceptors (Lipinski definition) is 4. The van der Waals surface area contributed by atoms with E-state index in [9.17, 15) is 8.42 Å². The van der Waals surface area contributed by atoms with Crippen LogP contribution in [0.3, 0.4) is 0 Å². The maximum atomic E-state index is 11.3. The molecule has 0 aliphatic carbocycles. The van der Waals surface area contributed by atoms with Gasteiger partial charge in [0.25, 0.3) is 0 Å². The summed E-state index contributed by atoms with van der Waals surface area (Å²) in [5, 5.41) is 0. The van der Waals surface area contributed by atoms with Crippen molar-refractivity contribution in [2.45, 2.75) is 13.8 Å². The molecular weight excluding hydrogens is 288 g/mol. The van der Waals surface area contributed by atoms with E-state index in [0.29, 0.717) is 18.0 Å². The van der Waals surface area contributed by atoms with Crippen molar-refractivity contribution < 1.29 is 13.2 Å². The number of aromatic nitrogens is 1. The number of nitrogens with one attached hydrogen (secondary N) is 1. The van der Waals surface area contributed by atoms with Crippen LogP contribution in [0.4, 0.5) is 5.69 Å². The number of pyridine rings is 1.